The van der Waals surface area contributed by atoms with Gasteiger partial charge in [-0.15, -0.1) is 0 Å². The molecule has 3 aliphatic heterocycles. The zero-order chi connectivity index (χ0) is 27.5. The van der Waals surface area contributed by atoms with Crippen molar-refractivity contribution in [2.24, 2.45) is 28.6 Å². The normalized spacial score (nSPS) is 58.0. The van der Waals surface area contributed by atoms with Crippen LogP contribution in [0.1, 0.15) is 72.1 Å². The van der Waals surface area contributed by atoms with Gasteiger partial charge in [0.15, 0.2) is 6.29 Å². The molecule has 14 atom stereocenters. The number of hydrogen-bond donors (Lipinski definition) is 3. The number of epoxide rings is 1. The highest BCUT2D eigenvalue weighted by Crippen LogP contribution is 2.77. The largest absolute Gasteiger partial charge is 0.458 e. The molecule has 9 heteroatoms. The summed E-state index contributed by atoms with van der Waals surface area (Å²) >= 11 is 0. The van der Waals surface area contributed by atoms with Gasteiger partial charge in [-0.3, -0.25) is 0 Å². The van der Waals surface area contributed by atoms with Gasteiger partial charge in [0, 0.05) is 18.6 Å². The molecule has 0 aromatic heterocycles. The molecule has 39 heavy (non-hydrogen) atoms. The van der Waals surface area contributed by atoms with Crippen LogP contribution in [-0.2, 0) is 28.5 Å². The summed E-state index contributed by atoms with van der Waals surface area (Å²) in [6.45, 7) is 6.73. The molecule has 7 rings (SSSR count). The number of carbonyl (C=O) groups is 1. The highest BCUT2D eigenvalue weighted by atomic mass is 16.7. The molecular formula is C30H44O9. The van der Waals surface area contributed by atoms with E-state index in [1.165, 1.54) is 7.11 Å². The van der Waals surface area contributed by atoms with E-state index in [0.29, 0.717) is 18.9 Å². The molecule has 218 valence electrons. The summed E-state index contributed by atoms with van der Waals surface area (Å²) in [5, 5.41) is 33.7. The lowest BCUT2D eigenvalue weighted by molar-refractivity contribution is -0.312. The van der Waals surface area contributed by atoms with Crippen molar-refractivity contribution in [1.29, 1.82) is 0 Å². The summed E-state index contributed by atoms with van der Waals surface area (Å²) in [6, 6.07) is 0. The molecule has 4 saturated carbocycles. The van der Waals surface area contributed by atoms with Crippen LogP contribution in [0.2, 0.25) is 0 Å². The van der Waals surface area contributed by atoms with Crippen LogP contribution < -0.4 is 0 Å². The number of methoxy groups -OCH3 is 1. The number of ether oxygens (including phenoxy) is 5. The maximum atomic E-state index is 12.6. The van der Waals surface area contributed by atoms with Crippen molar-refractivity contribution in [1.82, 2.24) is 0 Å². The van der Waals surface area contributed by atoms with Gasteiger partial charge in [-0.25, -0.2) is 4.79 Å². The summed E-state index contributed by atoms with van der Waals surface area (Å²) in [7, 11) is 1.48. The molecule has 0 bridgehead atoms. The molecule has 6 fully saturated rings. The molecule has 2 saturated heterocycles. The number of aliphatic hydroxyl groups excluding tert-OH is 2. The molecule has 3 unspecified atom stereocenters. The first kappa shape index (κ1) is 26.8. The predicted octanol–water partition coefficient (Wildman–Crippen LogP) is 2.24. The van der Waals surface area contributed by atoms with Crippen molar-refractivity contribution in [3.8, 4) is 0 Å². The Balaban J connectivity index is 1.09. The summed E-state index contributed by atoms with van der Waals surface area (Å²) in [5.41, 5.74) is -0.712. The molecule has 3 N–H and O–H groups in total. The van der Waals surface area contributed by atoms with Crippen molar-refractivity contribution in [2.75, 3.05) is 13.7 Å². The van der Waals surface area contributed by atoms with E-state index in [9.17, 15) is 20.1 Å². The van der Waals surface area contributed by atoms with Gasteiger partial charge >= 0.3 is 5.97 Å². The van der Waals surface area contributed by atoms with Crippen molar-refractivity contribution >= 4 is 5.97 Å². The SMILES string of the molecule is COC1[C@@H](O)C(C)O[C@@H](O[C@H]2CC[C@]3(C)C4CC[C@]5(C)[C@@H](C6=CC(=O)OC6)CC[C@]5(O)[C@@]45O[C@H]5C[C@@H]3C2)[C@@H]1O. The average Bonchev–Trinajstić information content (AvgIpc) is 3.34. The second kappa shape index (κ2) is 8.72. The van der Waals surface area contributed by atoms with Crippen LogP contribution in [0, 0.1) is 28.6 Å². The van der Waals surface area contributed by atoms with E-state index in [1.807, 2.05) is 0 Å². The van der Waals surface area contributed by atoms with Crippen LogP contribution in [0.3, 0.4) is 0 Å². The summed E-state index contributed by atoms with van der Waals surface area (Å²) < 4.78 is 29.5. The van der Waals surface area contributed by atoms with Gasteiger partial charge in [-0.2, -0.15) is 0 Å². The van der Waals surface area contributed by atoms with Crippen molar-refractivity contribution in [2.45, 2.75) is 126 Å². The number of hydrogen-bond acceptors (Lipinski definition) is 9. The van der Waals surface area contributed by atoms with Gasteiger partial charge in [-0.05, 0) is 87.0 Å². The van der Waals surface area contributed by atoms with Gasteiger partial charge in [0.1, 0.15) is 36.1 Å². The quantitative estimate of drug-likeness (QED) is 0.275. The maximum Gasteiger partial charge on any atom is 0.331 e. The minimum Gasteiger partial charge on any atom is -0.458 e. The van der Waals surface area contributed by atoms with E-state index in [0.717, 1.165) is 50.5 Å². The molecular weight excluding hydrogens is 504 g/mol. The van der Waals surface area contributed by atoms with E-state index in [2.05, 4.69) is 13.8 Å². The predicted molar refractivity (Wildman–Crippen MR) is 137 cm³/mol. The molecule has 1 spiro atoms. The summed E-state index contributed by atoms with van der Waals surface area (Å²) in [5.74, 6) is 0.532. The van der Waals surface area contributed by atoms with Gasteiger partial charge in [0.25, 0.3) is 0 Å². The van der Waals surface area contributed by atoms with Crippen LogP contribution in [0.4, 0.5) is 0 Å². The molecule has 3 heterocycles. The molecule has 0 radical (unpaired) electrons. The molecule has 9 nitrogen and oxygen atoms in total. The topological polar surface area (TPSA) is 127 Å². The van der Waals surface area contributed by atoms with Crippen LogP contribution in [0.15, 0.2) is 11.6 Å². The monoisotopic (exact) mass is 548 g/mol. The van der Waals surface area contributed by atoms with E-state index in [-0.39, 0.29) is 40.8 Å². The summed E-state index contributed by atoms with van der Waals surface area (Å²) in [6.07, 6.45) is 4.59. The van der Waals surface area contributed by atoms with Gasteiger partial charge in [-0.1, -0.05) is 13.8 Å². The number of cyclic esters (lactones) is 1. The first-order valence-corrected chi connectivity index (χ1v) is 15.0. The number of fused-ring (bicyclic) bond motifs is 3. The third-order valence-corrected chi connectivity index (χ3v) is 12.7. The van der Waals surface area contributed by atoms with Crippen LogP contribution >= 0.6 is 0 Å². The average molecular weight is 549 g/mol. The smallest absolute Gasteiger partial charge is 0.331 e. The third kappa shape index (κ3) is 3.41. The molecule has 7 aliphatic rings. The molecule has 0 aromatic carbocycles. The number of aliphatic hydroxyl groups is 3. The Kier molecular flexibility index (Phi) is 6.00. The number of rotatable bonds is 4. The zero-order valence-corrected chi connectivity index (χ0v) is 23.5. The van der Waals surface area contributed by atoms with Crippen LogP contribution in [0.25, 0.3) is 0 Å². The van der Waals surface area contributed by atoms with Crippen molar-refractivity contribution < 1.29 is 43.8 Å². The van der Waals surface area contributed by atoms with Crippen molar-refractivity contribution in [3.05, 3.63) is 11.6 Å². The van der Waals surface area contributed by atoms with E-state index >= 15 is 0 Å². The van der Waals surface area contributed by atoms with E-state index in [1.54, 1.807) is 13.0 Å². The van der Waals surface area contributed by atoms with E-state index < -0.39 is 41.9 Å². The highest BCUT2D eigenvalue weighted by molar-refractivity contribution is 5.85. The van der Waals surface area contributed by atoms with Crippen LogP contribution in [-0.4, -0.2) is 89.1 Å². The molecule has 0 amide bonds. The Morgan fingerprint density at radius 3 is 2.56 bits per heavy atom. The summed E-state index contributed by atoms with van der Waals surface area (Å²) in [4.78, 5) is 11.9. The minimum absolute atomic E-state index is 0.0261. The first-order valence-electron chi connectivity index (χ1n) is 15.0. The maximum absolute atomic E-state index is 12.6. The Hall–Kier alpha value is -1.07. The second-order valence-corrected chi connectivity index (χ2v) is 14.0. The lowest BCUT2D eigenvalue weighted by atomic mass is 9.43. The number of carbonyl (C=O) groups excluding carboxylic acids is 1. The minimum atomic E-state index is -1.06. The zero-order valence-electron chi connectivity index (χ0n) is 23.5. The van der Waals surface area contributed by atoms with Gasteiger partial charge in [0.05, 0.1) is 18.3 Å². The Morgan fingerprint density at radius 1 is 1.05 bits per heavy atom. The number of esters is 1. The highest BCUT2D eigenvalue weighted by Gasteiger charge is 2.84. The molecule has 0 aromatic rings. The lowest BCUT2D eigenvalue weighted by Gasteiger charge is -2.62. The van der Waals surface area contributed by atoms with Crippen LogP contribution in [0.5, 0.6) is 0 Å². The van der Waals surface area contributed by atoms with E-state index in [4.69, 9.17) is 23.7 Å². The Bertz CT molecular complexity index is 1060. The Labute approximate surface area is 230 Å². The molecule has 4 aliphatic carbocycles. The van der Waals surface area contributed by atoms with Gasteiger partial charge < -0.3 is 39.0 Å². The lowest BCUT2D eigenvalue weighted by Crippen LogP contribution is -2.68. The Morgan fingerprint density at radius 2 is 1.85 bits per heavy atom. The standard InChI is InChI=1S/C30H44O9/c1-15-23(32)25(35-4)24(33)26(37-15)38-18-5-8-27(2)17(12-18)13-21-30(39-21)20(27)7-9-28(3)19(6-10-29(28,30)34)16-11-22(31)36-14-16/h11,15,17-21,23-26,32-34H,5-10,12-14H2,1-4H3/t15?,17-,18-,19+,20?,21-,23-,24+,25?,26-,27-,28+,29+,30+/m0/s1. The fourth-order valence-corrected chi connectivity index (χ4v) is 10.5. The fraction of sp³-hybridized carbons (Fsp3) is 0.900. The van der Waals surface area contributed by atoms with Gasteiger partial charge in [0.2, 0.25) is 0 Å². The first-order chi connectivity index (χ1) is 18.5. The third-order valence-electron chi connectivity index (χ3n) is 12.7. The second-order valence-electron chi connectivity index (χ2n) is 14.0. The fourth-order valence-electron chi connectivity index (χ4n) is 10.5. The van der Waals surface area contributed by atoms with Crippen molar-refractivity contribution in [3.63, 3.8) is 0 Å².